The van der Waals surface area contributed by atoms with Gasteiger partial charge in [-0.05, 0) is 68.9 Å². The van der Waals surface area contributed by atoms with E-state index in [1.165, 1.54) is 0 Å². The molecule has 0 bridgehead atoms. The van der Waals surface area contributed by atoms with Crippen LogP contribution in [0.2, 0.25) is 0 Å². The molecule has 1 fully saturated rings. The molecular weight excluding hydrogens is 476 g/mol. The van der Waals surface area contributed by atoms with Crippen LogP contribution in [0.1, 0.15) is 38.2 Å². The lowest BCUT2D eigenvalue weighted by atomic mass is 9.91. The number of hydrogen-bond donors (Lipinski definition) is 3. The highest BCUT2D eigenvalue weighted by Gasteiger charge is 2.36. The summed E-state index contributed by atoms with van der Waals surface area (Å²) in [6.07, 6.45) is 1.33. The fourth-order valence-electron chi connectivity index (χ4n) is 4.58. The molecule has 37 heavy (non-hydrogen) atoms. The number of likely N-dealkylation sites (tertiary alicyclic amines) is 1. The number of hydrogen-bond acceptors (Lipinski definition) is 8. The lowest BCUT2D eigenvalue weighted by Crippen LogP contribution is -2.49. The fraction of sp³-hybridized carbons (Fsp3) is 0.481. The van der Waals surface area contributed by atoms with E-state index in [2.05, 4.69) is 10.6 Å². The van der Waals surface area contributed by atoms with Crippen molar-refractivity contribution in [1.82, 2.24) is 10.3 Å². The van der Waals surface area contributed by atoms with Crippen molar-refractivity contribution in [2.75, 3.05) is 32.1 Å². The molecule has 2 amide bonds. The number of aliphatic hydroxyl groups excluding tert-OH is 1. The molecule has 0 aromatic heterocycles. The van der Waals surface area contributed by atoms with Gasteiger partial charge in [-0.3, -0.25) is 9.59 Å². The molecule has 0 spiro atoms. The molecule has 2 aromatic carbocycles. The maximum atomic E-state index is 13.4. The van der Waals surface area contributed by atoms with Crippen molar-refractivity contribution in [3.63, 3.8) is 0 Å². The Hall–Kier alpha value is -3.66. The molecule has 0 saturated carbocycles. The first-order valence-electron chi connectivity index (χ1n) is 12.7. The molecular formula is C27H36N4O6. The summed E-state index contributed by atoms with van der Waals surface area (Å²) in [6.45, 7) is 3.51. The monoisotopic (exact) mass is 512 g/mol. The number of nitrogens with one attached hydrogen (secondary N) is 2. The van der Waals surface area contributed by atoms with E-state index in [9.17, 15) is 19.6 Å². The lowest BCUT2D eigenvalue weighted by molar-refractivity contribution is -0.147. The van der Waals surface area contributed by atoms with Gasteiger partial charge in [-0.2, -0.15) is 0 Å². The van der Waals surface area contributed by atoms with Gasteiger partial charge in [0, 0.05) is 30.9 Å². The number of nitroso groups, excluding NO2 is 1. The van der Waals surface area contributed by atoms with E-state index < -0.39 is 17.9 Å². The minimum absolute atomic E-state index is 0.182. The van der Waals surface area contributed by atoms with Crippen molar-refractivity contribution in [3.8, 4) is 11.5 Å². The highest BCUT2D eigenvalue weighted by molar-refractivity contribution is 5.89. The number of nitrogens with zero attached hydrogens (tertiary/aromatic N) is 2. The number of anilines is 1. The average Bonchev–Trinajstić information content (AvgIpc) is 2.92. The molecule has 2 atom stereocenters. The summed E-state index contributed by atoms with van der Waals surface area (Å²) in [5.74, 6) is -0.670. The lowest BCUT2D eigenvalue weighted by Gasteiger charge is -2.35. The van der Waals surface area contributed by atoms with Crippen LogP contribution in [0.4, 0.5) is 5.69 Å². The summed E-state index contributed by atoms with van der Waals surface area (Å²) in [7, 11) is 1.62. The largest absolute Gasteiger partial charge is 0.497 e. The van der Waals surface area contributed by atoms with Gasteiger partial charge in [-0.1, -0.05) is 18.2 Å². The van der Waals surface area contributed by atoms with Crippen molar-refractivity contribution in [1.29, 1.82) is 0 Å². The molecule has 1 saturated heterocycles. The highest BCUT2D eigenvalue weighted by Crippen LogP contribution is 2.24. The Labute approximate surface area is 217 Å². The maximum absolute atomic E-state index is 13.4. The Bertz CT molecular complexity index is 1020. The average molecular weight is 513 g/mol. The van der Waals surface area contributed by atoms with Crippen LogP contribution in [0, 0.1) is 10.8 Å². The molecule has 0 aliphatic carbocycles. The number of benzene rings is 2. The summed E-state index contributed by atoms with van der Waals surface area (Å²) < 4.78 is 10.7. The second kappa shape index (κ2) is 14.2. The summed E-state index contributed by atoms with van der Waals surface area (Å²) in [5, 5.41) is 16.4. The van der Waals surface area contributed by atoms with E-state index in [0.29, 0.717) is 39.0 Å². The van der Waals surface area contributed by atoms with E-state index >= 15 is 0 Å². The first-order chi connectivity index (χ1) is 17.9. The van der Waals surface area contributed by atoms with Crippen LogP contribution >= 0.6 is 0 Å². The number of ether oxygens (including phenoxy) is 2. The molecule has 0 radical (unpaired) electrons. The normalized spacial score (nSPS) is 15.4. The predicted octanol–water partition coefficient (Wildman–Crippen LogP) is 3.29. The minimum atomic E-state index is -1.65. The van der Waals surface area contributed by atoms with Crippen molar-refractivity contribution in [2.45, 2.75) is 51.2 Å². The van der Waals surface area contributed by atoms with Gasteiger partial charge in [0.15, 0.2) is 0 Å². The zero-order valence-corrected chi connectivity index (χ0v) is 21.4. The van der Waals surface area contributed by atoms with Gasteiger partial charge in [0.25, 0.3) is 5.91 Å². The van der Waals surface area contributed by atoms with Crippen LogP contribution in [0.5, 0.6) is 11.5 Å². The third-order valence-corrected chi connectivity index (χ3v) is 6.58. The second-order valence-electron chi connectivity index (χ2n) is 9.06. The molecule has 2 aromatic rings. The van der Waals surface area contributed by atoms with Crippen LogP contribution in [0.15, 0.2) is 53.8 Å². The zero-order valence-electron chi connectivity index (χ0n) is 21.4. The van der Waals surface area contributed by atoms with Crippen molar-refractivity contribution < 1.29 is 24.2 Å². The third-order valence-electron chi connectivity index (χ3n) is 6.58. The van der Waals surface area contributed by atoms with Gasteiger partial charge in [0.05, 0.1) is 24.9 Å². The molecule has 200 valence electrons. The van der Waals surface area contributed by atoms with Crippen LogP contribution in [-0.4, -0.2) is 60.8 Å². The van der Waals surface area contributed by atoms with Gasteiger partial charge >= 0.3 is 0 Å². The SMILES string of the molecule is CCOc1ccc(CCCC(C(=O)N2CCC(Nc3cccc(OC)c3)CC2)[C@H](O)C(=O)NN=O)cc1. The number of rotatable bonds is 13. The van der Waals surface area contributed by atoms with E-state index in [4.69, 9.17) is 9.47 Å². The van der Waals surface area contributed by atoms with E-state index in [1.807, 2.05) is 55.5 Å². The molecule has 1 aliphatic rings. The van der Waals surface area contributed by atoms with Gasteiger partial charge in [-0.25, -0.2) is 5.43 Å². The Morgan fingerprint density at radius 1 is 1.14 bits per heavy atom. The minimum Gasteiger partial charge on any atom is -0.497 e. The van der Waals surface area contributed by atoms with Crippen molar-refractivity contribution in [2.24, 2.45) is 11.2 Å². The fourth-order valence-corrected chi connectivity index (χ4v) is 4.58. The molecule has 1 unspecified atom stereocenters. The summed E-state index contributed by atoms with van der Waals surface area (Å²) in [4.78, 5) is 37.7. The third kappa shape index (κ3) is 8.18. The van der Waals surface area contributed by atoms with Crippen LogP contribution in [-0.2, 0) is 16.0 Å². The Kier molecular flexibility index (Phi) is 10.7. The van der Waals surface area contributed by atoms with Crippen LogP contribution in [0.3, 0.4) is 0 Å². The molecule has 1 heterocycles. The molecule has 1 aliphatic heterocycles. The number of amides is 2. The summed E-state index contributed by atoms with van der Waals surface area (Å²) >= 11 is 0. The quantitative estimate of drug-likeness (QED) is 0.277. The van der Waals surface area contributed by atoms with E-state index in [-0.39, 0.29) is 11.9 Å². The summed E-state index contributed by atoms with van der Waals surface area (Å²) in [5.41, 5.74) is 3.74. The van der Waals surface area contributed by atoms with Crippen molar-refractivity contribution >= 4 is 17.5 Å². The number of aliphatic hydroxyl groups is 1. The van der Waals surface area contributed by atoms with Gasteiger partial charge in [0.1, 0.15) is 17.6 Å². The molecule has 3 N–H and O–H groups in total. The maximum Gasteiger partial charge on any atom is 0.272 e. The Morgan fingerprint density at radius 2 is 1.86 bits per heavy atom. The molecule has 10 nitrogen and oxygen atoms in total. The van der Waals surface area contributed by atoms with Gasteiger partial charge in [-0.15, -0.1) is 4.91 Å². The number of aryl methyl sites for hydroxylation is 1. The van der Waals surface area contributed by atoms with E-state index in [0.717, 1.165) is 35.6 Å². The number of carbonyl (C=O) groups excluding carboxylic acids is 2. The van der Waals surface area contributed by atoms with Gasteiger partial charge in [0.2, 0.25) is 5.91 Å². The molecule has 3 rings (SSSR count). The summed E-state index contributed by atoms with van der Waals surface area (Å²) in [6, 6.07) is 15.6. The topological polar surface area (TPSA) is 130 Å². The first kappa shape index (κ1) is 27.9. The van der Waals surface area contributed by atoms with Crippen LogP contribution < -0.4 is 20.2 Å². The number of methoxy groups -OCH3 is 1. The smallest absolute Gasteiger partial charge is 0.272 e. The zero-order chi connectivity index (χ0) is 26.6. The Balaban J connectivity index is 1.58. The van der Waals surface area contributed by atoms with E-state index in [1.54, 1.807) is 17.4 Å². The second-order valence-corrected chi connectivity index (χ2v) is 9.06. The first-order valence-corrected chi connectivity index (χ1v) is 12.7. The molecule has 10 heteroatoms. The standard InChI is InChI=1S/C27H36N4O6/c1-3-37-22-12-10-19(11-13-22)6-4-9-24(25(32)26(33)29-30-35)27(34)31-16-14-20(15-17-31)28-21-7-5-8-23(18-21)36-2/h5,7-8,10-13,18,20,24-25,28,32H,3-4,6,9,14-17H2,1-2H3,(H,29,33,35)/t24?,25-/m0/s1. The predicted molar refractivity (Wildman–Crippen MR) is 140 cm³/mol. The Morgan fingerprint density at radius 3 is 2.51 bits per heavy atom. The van der Waals surface area contributed by atoms with Crippen LogP contribution in [0.25, 0.3) is 0 Å². The van der Waals surface area contributed by atoms with Crippen molar-refractivity contribution in [3.05, 3.63) is 59.0 Å². The number of piperidine rings is 1. The highest BCUT2D eigenvalue weighted by atomic mass is 16.5. The van der Waals surface area contributed by atoms with Gasteiger partial charge < -0.3 is 24.8 Å². The number of carbonyl (C=O) groups is 2.